The number of piperidine rings is 1. The molecule has 98 valence electrons. The van der Waals surface area contributed by atoms with Gasteiger partial charge in [-0.1, -0.05) is 13.8 Å². The maximum Gasteiger partial charge on any atom is 0.225 e. The van der Waals surface area contributed by atoms with Gasteiger partial charge in [0.15, 0.2) is 0 Å². The van der Waals surface area contributed by atoms with Crippen LogP contribution in [-0.2, 0) is 4.79 Å². The van der Waals surface area contributed by atoms with Crippen molar-refractivity contribution in [2.45, 2.75) is 26.7 Å². The summed E-state index contributed by atoms with van der Waals surface area (Å²) >= 11 is 0. The molecule has 0 aromatic heterocycles. The molecule has 0 aliphatic carbocycles. The Morgan fingerprint density at radius 3 is 2.59 bits per heavy atom. The molecule has 2 rings (SSSR count). The molecule has 2 heterocycles. The van der Waals surface area contributed by atoms with E-state index >= 15 is 0 Å². The molecular weight excluding hydrogens is 216 g/mol. The van der Waals surface area contributed by atoms with Crippen LogP contribution in [0.4, 0.5) is 0 Å². The van der Waals surface area contributed by atoms with E-state index in [2.05, 4.69) is 19.2 Å². The van der Waals surface area contributed by atoms with Crippen LogP contribution in [0, 0.1) is 17.3 Å². The third-order valence-electron chi connectivity index (χ3n) is 4.36. The number of hydrogen-bond acceptors (Lipinski definition) is 3. The van der Waals surface area contributed by atoms with Crippen LogP contribution < -0.4 is 5.32 Å². The number of nitrogens with one attached hydrogen (secondary N) is 1. The monoisotopic (exact) mass is 240 g/mol. The molecule has 0 saturated carbocycles. The van der Waals surface area contributed by atoms with Crippen LogP contribution in [0.3, 0.4) is 0 Å². The number of carbonyl (C=O) groups excluding carboxylic acids is 1. The van der Waals surface area contributed by atoms with E-state index in [1.807, 2.05) is 4.90 Å². The van der Waals surface area contributed by atoms with E-state index < -0.39 is 0 Å². The van der Waals surface area contributed by atoms with Crippen LogP contribution in [0.15, 0.2) is 0 Å². The normalized spacial score (nSPS) is 29.6. The molecule has 0 bridgehead atoms. The summed E-state index contributed by atoms with van der Waals surface area (Å²) in [5.74, 6) is 0.730. The van der Waals surface area contributed by atoms with E-state index in [0.717, 1.165) is 39.0 Å². The third kappa shape index (κ3) is 2.63. The Labute approximate surface area is 103 Å². The molecule has 0 radical (unpaired) electrons. The molecule has 4 heteroatoms. The van der Waals surface area contributed by atoms with Gasteiger partial charge in [0.05, 0.1) is 0 Å². The highest BCUT2D eigenvalue weighted by molar-refractivity contribution is 5.79. The number of aliphatic hydroxyl groups is 1. The van der Waals surface area contributed by atoms with Crippen molar-refractivity contribution >= 4 is 5.91 Å². The third-order valence-corrected chi connectivity index (χ3v) is 4.36. The Kier molecular flexibility index (Phi) is 3.73. The van der Waals surface area contributed by atoms with E-state index in [9.17, 15) is 9.90 Å². The number of amides is 1. The first-order chi connectivity index (χ1) is 8.04. The summed E-state index contributed by atoms with van der Waals surface area (Å²) in [6.45, 7) is 7.90. The van der Waals surface area contributed by atoms with Gasteiger partial charge in [-0.25, -0.2) is 0 Å². The number of rotatable bonds is 2. The Morgan fingerprint density at radius 2 is 2.06 bits per heavy atom. The van der Waals surface area contributed by atoms with Crippen LogP contribution in [0.25, 0.3) is 0 Å². The van der Waals surface area contributed by atoms with E-state index in [0.29, 0.717) is 5.91 Å². The molecule has 1 atom stereocenters. The highest BCUT2D eigenvalue weighted by atomic mass is 16.3. The molecule has 0 aromatic carbocycles. The molecule has 17 heavy (non-hydrogen) atoms. The maximum atomic E-state index is 12.4. The Balaban J connectivity index is 1.97. The van der Waals surface area contributed by atoms with Gasteiger partial charge in [-0.15, -0.1) is 0 Å². The predicted molar refractivity (Wildman–Crippen MR) is 66.5 cm³/mol. The highest BCUT2D eigenvalue weighted by Gasteiger charge is 2.42. The van der Waals surface area contributed by atoms with Crippen molar-refractivity contribution in [2.75, 3.05) is 32.8 Å². The fraction of sp³-hybridized carbons (Fsp3) is 0.923. The van der Waals surface area contributed by atoms with Crippen molar-refractivity contribution in [3.63, 3.8) is 0 Å². The smallest absolute Gasteiger partial charge is 0.225 e. The summed E-state index contributed by atoms with van der Waals surface area (Å²) in [6.07, 6.45) is 1.92. The molecular formula is C13H24N2O2. The number of likely N-dealkylation sites (tertiary alicyclic amines) is 1. The van der Waals surface area contributed by atoms with Crippen molar-refractivity contribution < 1.29 is 9.90 Å². The molecule has 2 aliphatic rings. The molecule has 2 N–H and O–H groups in total. The molecule has 0 aromatic rings. The zero-order valence-electron chi connectivity index (χ0n) is 10.9. The zero-order valence-corrected chi connectivity index (χ0v) is 10.9. The topological polar surface area (TPSA) is 52.6 Å². The standard InChI is InChI=1S/C13H24N2O2/c1-13(2)9-15(7-11(13)8-16)12(17)10-3-5-14-6-4-10/h10-11,14,16H,3-9H2,1-2H3/t11-/m1/s1. The molecule has 1 amide bonds. The van der Waals surface area contributed by atoms with Crippen LogP contribution in [0.2, 0.25) is 0 Å². The molecule has 4 nitrogen and oxygen atoms in total. The lowest BCUT2D eigenvalue weighted by molar-refractivity contribution is -0.135. The first kappa shape index (κ1) is 12.8. The average Bonchev–Trinajstić information content (AvgIpc) is 2.64. The first-order valence-corrected chi connectivity index (χ1v) is 6.65. The van der Waals surface area contributed by atoms with Crippen LogP contribution in [-0.4, -0.2) is 48.7 Å². The van der Waals surface area contributed by atoms with Crippen LogP contribution in [0.1, 0.15) is 26.7 Å². The van der Waals surface area contributed by atoms with Gasteiger partial charge in [0, 0.05) is 31.5 Å². The summed E-state index contributed by atoms with van der Waals surface area (Å²) in [5.41, 5.74) is 0.0529. The van der Waals surface area contributed by atoms with Crippen molar-refractivity contribution in [2.24, 2.45) is 17.3 Å². The second-order valence-electron chi connectivity index (χ2n) is 6.11. The summed E-state index contributed by atoms with van der Waals surface area (Å²) in [4.78, 5) is 14.3. The summed E-state index contributed by atoms with van der Waals surface area (Å²) in [5, 5.41) is 12.6. The van der Waals surface area contributed by atoms with Crippen LogP contribution >= 0.6 is 0 Å². The van der Waals surface area contributed by atoms with Crippen molar-refractivity contribution in [1.29, 1.82) is 0 Å². The Morgan fingerprint density at radius 1 is 1.41 bits per heavy atom. The fourth-order valence-corrected chi connectivity index (χ4v) is 3.00. The highest BCUT2D eigenvalue weighted by Crippen LogP contribution is 2.35. The lowest BCUT2D eigenvalue weighted by Crippen LogP contribution is -2.40. The first-order valence-electron chi connectivity index (χ1n) is 6.65. The molecule has 2 fully saturated rings. The van der Waals surface area contributed by atoms with Crippen molar-refractivity contribution in [3.05, 3.63) is 0 Å². The second-order valence-corrected chi connectivity index (χ2v) is 6.11. The minimum absolute atomic E-state index is 0.0529. The SMILES string of the molecule is CC1(C)CN(C(=O)C2CCNCC2)C[C@@H]1CO. The number of aliphatic hydroxyl groups excluding tert-OH is 1. The lowest BCUT2D eigenvalue weighted by atomic mass is 9.83. The van der Waals surface area contributed by atoms with E-state index in [1.165, 1.54) is 0 Å². The summed E-state index contributed by atoms with van der Waals surface area (Å²) in [6, 6.07) is 0. The maximum absolute atomic E-state index is 12.4. The van der Waals surface area contributed by atoms with Crippen molar-refractivity contribution in [3.8, 4) is 0 Å². The zero-order chi connectivity index (χ0) is 12.5. The summed E-state index contributed by atoms with van der Waals surface area (Å²) in [7, 11) is 0. The van der Waals surface area contributed by atoms with Gasteiger partial charge in [-0.05, 0) is 31.3 Å². The average molecular weight is 240 g/mol. The van der Waals surface area contributed by atoms with Crippen LogP contribution in [0.5, 0.6) is 0 Å². The quantitative estimate of drug-likeness (QED) is 0.737. The Hall–Kier alpha value is -0.610. The molecule has 2 saturated heterocycles. The van der Waals surface area contributed by atoms with E-state index in [-0.39, 0.29) is 23.9 Å². The Bertz CT molecular complexity index is 285. The number of carbonyl (C=O) groups is 1. The second kappa shape index (κ2) is 4.94. The van der Waals surface area contributed by atoms with E-state index in [1.54, 1.807) is 0 Å². The minimum atomic E-state index is 0.0529. The molecule has 0 unspecified atom stereocenters. The van der Waals surface area contributed by atoms with Gasteiger partial charge in [-0.2, -0.15) is 0 Å². The van der Waals surface area contributed by atoms with Gasteiger partial charge in [0.2, 0.25) is 5.91 Å². The predicted octanol–water partition coefficient (Wildman–Crippen LogP) is 0.463. The van der Waals surface area contributed by atoms with E-state index in [4.69, 9.17) is 0 Å². The molecule has 0 spiro atoms. The van der Waals surface area contributed by atoms with Gasteiger partial charge in [0.25, 0.3) is 0 Å². The lowest BCUT2D eigenvalue weighted by Gasteiger charge is -2.27. The van der Waals surface area contributed by atoms with Gasteiger partial charge >= 0.3 is 0 Å². The molecule has 2 aliphatic heterocycles. The van der Waals surface area contributed by atoms with Gasteiger partial charge in [0.1, 0.15) is 0 Å². The van der Waals surface area contributed by atoms with Gasteiger partial charge < -0.3 is 15.3 Å². The van der Waals surface area contributed by atoms with Crippen molar-refractivity contribution in [1.82, 2.24) is 10.2 Å². The fourth-order valence-electron chi connectivity index (χ4n) is 3.00. The van der Waals surface area contributed by atoms with Gasteiger partial charge in [-0.3, -0.25) is 4.79 Å². The minimum Gasteiger partial charge on any atom is -0.396 e. The summed E-state index contributed by atoms with van der Waals surface area (Å²) < 4.78 is 0. The number of nitrogens with zero attached hydrogens (tertiary/aromatic N) is 1. The largest absolute Gasteiger partial charge is 0.396 e. The number of hydrogen-bond donors (Lipinski definition) is 2.